The molecule has 2 heterocycles. The summed E-state index contributed by atoms with van der Waals surface area (Å²) < 4.78 is 56.4. The number of nitrogens with zero attached hydrogens (tertiary/aromatic N) is 5. The average Bonchev–Trinajstić information content (AvgIpc) is 2.94. The largest absolute Gasteiger partial charge is 0.351 e. The van der Waals surface area contributed by atoms with Gasteiger partial charge in [0.25, 0.3) is 11.8 Å². The van der Waals surface area contributed by atoms with Gasteiger partial charge in [-0.3, -0.25) is 24.2 Å². The maximum Gasteiger partial charge on any atom is 0.252 e. The number of halogens is 5. The highest BCUT2D eigenvalue weighted by atomic mass is 35.5. The molecule has 2 fully saturated rings. The fourth-order valence-corrected chi connectivity index (χ4v) is 5.50. The van der Waals surface area contributed by atoms with Gasteiger partial charge in [-0.15, -0.1) is 0 Å². The number of aromatic nitrogens is 2. The van der Waals surface area contributed by atoms with Gasteiger partial charge in [-0.05, 0) is 37.1 Å². The first-order valence-electron chi connectivity index (χ1n) is 13.2. The maximum atomic E-state index is 14.6. The zero-order chi connectivity index (χ0) is 30.9. The molecule has 1 aromatic heterocycles. The lowest BCUT2D eigenvalue weighted by Gasteiger charge is -2.41. The van der Waals surface area contributed by atoms with Crippen LogP contribution in [0.4, 0.5) is 29.2 Å². The summed E-state index contributed by atoms with van der Waals surface area (Å²) in [7, 11) is 0. The number of hydrogen-bond donors (Lipinski definition) is 1. The number of alkyl halides is 2. The predicted molar refractivity (Wildman–Crippen MR) is 146 cm³/mol. The van der Waals surface area contributed by atoms with Gasteiger partial charge in [0, 0.05) is 48.2 Å². The number of amides is 3. The summed E-state index contributed by atoms with van der Waals surface area (Å²) in [5, 5.41) is 11.8. The Morgan fingerprint density at radius 1 is 1.14 bits per heavy atom. The summed E-state index contributed by atoms with van der Waals surface area (Å²) in [6, 6.07) is 7.31. The number of benzene rings is 2. The maximum absolute atomic E-state index is 14.6. The Morgan fingerprint density at radius 2 is 1.84 bits per heavy atom. The number of carbonyl (C=O) groups is 3. The monoisotopic (exact) mass is 614 g/mol. The number of nitrogens with one attached hydrogen (secondary N) is 1. The van der Waals surface area contributed by atoms with Gasteiger partial charge in [0.05, 0.1) is 5.69 Å². The van der Waals surface area contributed by atoms with Crippen LogP contribution in [-0.4, -0.2) is 45.7 Å². The zero-order valence-corrected chi connectivity index (χ0v) is 23.1. The SMILES string of the molecule is N#Cc1ccnc(N2C(=O)CCC[C@H]2C(=O)N(c2cc(F)cc(F)c2)C(C(=O)NC2CC(F)(F)C2)c2ccccc2Cl)n1. The third-order valence-corrected chi connectivity index (χ3v) is 7.56. The number of piperidine rings is 1. The molecule has 14 heteroatoms. The van der Waals surface area contributed by atoms with E-state index in [-0.39, 0.29) is 47.2 Å². The standard InChI is InChI=1S/C29H23ClF4N6O3/c30-22-5-2-1-4-21(22)25(26(42)37-19-13-29(33,34)14-19)39(20-11-16(31)10-17(32)12-20)27(43)23-6-3-7-24(41)40(23)28-36-9-8-18(15-35)38-28/h1-2,4-5,8-12,19,23,25H,3,6-7,13-14H2,(H,37,42)/t23-,25?/m0/s1. The minimum atomic E-state index is -2.97. The summed E-state index contributed by atoms with van der Waals surface area (Å²) >= 11 is 6.46. The molecule has 0 bridgehead atoms. The quantitative estimate of drug-likeness (QED) is 0.380. The van der Waals surface area contributed by atoms with E-state index in [1.54, 1.807) is 6.07 Å². The van der Waals surface area contributed by atoms with Crippen LogP contribution in [0.1, 0.15) is 49.4 Å². The van der Waals surface area contributed by atoms with Gasteiger partial charge in [0.15, 0.2) is 0 Å². The second-order valence-electron chi connectivity index (χ2n) is 10.3. The highest BCUT2D eigenvalue weighted by molar-refractivity contribution is 6.31. The van der Waals surface area contributed by atoms with E-state index in [2.05, 4.69) is 15.3 Å². The number of anilines is 2. The molecule has 1 aliphatic heterocycles. The fraction of sp³-hybridized carbons (Fsp3) is 0.310. The third-order valence-electron chi connectivity index (χ3n) is 7.21. The van der Waals surface area contributed by atoms with Gasteiger partial charge >= 0.3 is 0 Å². The Labute approximate surface area is 248 Å². The van der Waals surface area contributed by atoms with E-state index in [0.717, 1.165) is 21.9 Å². The number of hydrogen-bond acceptors (Lipinski definition) is 6. The Kier molecular flexibility index (Phi) is 8.32. The first-order valence-corrected chi connectivity index (χ1v) is 13.6. The smallest absolute Gasteiger partial charge is 0.252 e. The Morgan fingerprint density at radius 3 is 2.49 bits per heavy atom. The number of nitriles is 1. The molecule has 2 atom stereocenters. The second kappa shape index (κ2) is 12.0. The van der Waals surface area contributed by atoms with Gasteiger partial charge in [-0.1, -0.05) is 29.8 Å². The van der Waals surface area contributed by atoms with Crippen molar-refractivity contribution < 1.29 is 31.9 Å². The molecular formula is C29H23ClF4N6O3. The topological polar surface area (TPSA) is 119 Å². The van der Waals surface area contributed by atoms with Crippen molar-refractivity contribution in [3.8, 4) is 6.07 Å². The van der Waals surface area contributed by atoms with Crippen LogP contribution in [0.25, 0.3) is 0 Å². The Hall–Kier alpha value is -4.57. The lowest BCUT2D eigenvalue weighted by Crippen LogP contribution is -2.58. The zero-order valence-electron chi connectivity index (χ0n) is 22.3. The van der Waals surface area contributed by atoms with Crippen molar-refractivity contribution in [2.45, 2.75) is 56.2 Å². The van der Waals surface area contributed by atoms with E-state index in [9.17, 15) is 37.2 Å². The van der Waals surface area contributed by atoms with E-state index >= 15 is 0 Å². The molecule has 43 heavy (non-hydrogen) atoms. The minimum absolute atomic E-state index is 0.0119. The molecule has 2 aliphatic rings. The van der Waals surface area contributed by atoms with Crippen LogP contribution in [0.3, 0.4) is 0 Å². The summed E-state index contributed by atoms with van der Waals surface area (Å²) in [6.45, 7) is 0. The molecular weight excluding hydrogens is 592 g/mol. The lowest BCUT2D eigenvalue weighted by atomic mass is 9.87. The molecule has 1 saturated heterocycles. The normalized spacial score (nSPS) is 18.7. The van der Waals surface area contributed by atoms with Gasteiger partial charge in [0.1, 0.15) is 35.5 Å². The Balaban J connectivity index is 1.65. The third kappa shape index (κ3) is 6.29. The van der Waals surface area contributed by atoms with Crippen LogP contribution in [0.5, 0.6) is 0 Å². The molecule has 3 amide bonds. The van der Waals surface area contributed by atoms with Crippen molar-refractivity contribution >= 4 is 41.0 Å². The molecule has 222 valence electrons. The minimum Gasteiger partial charge on any atom is -0.351 e. The summed E-state index contributed by atoms with van der Waals surface area (Å²) in [4.78, 5) is 51.4. The highest BCUT2D eigenvalue weighted by Crippen LogP contribution is 2.39. The first kappa shape index (κ1) is 29.9. The van der Waals surface area contributed by atoms with Crippen molar-refractivity contribution in [1.29, 1.82) is 5.26 Å². The number of rotatable bonds is 7. The predicted octanol–water partition coefficient (Wildman–Crippen LogP) is 4.85. The highest BCUT2D eigenvalue weighted by Gasteiger charge is 2.48. The van der Waals surface area contributed by atoms with E-state index in [1.165, 1.54) is 30.5 Å². The summed E-state index contributed by atoms with van der Waals surface area (Å²) in [6.07, 6.45) is 0.281. The van der Waals surface area contributed by atoms with Crippen molar-refractivity contribution in [3.63, 3.8) is 0 Å². The molecule has 1 unspecified atom stereocenters. The molecule has 0 spiro atoms. The van der Waals surface area contributed by atoms with Crippen molar-refractivity contribution in [3.05, 3.63) is 82.6 Å². The molecule has 2 aromatic carbocycles. The van der Waals surface area contributed by atoms with E-state index < -0.39 is 66.2 Å². The van der Waals surface area contributed by atoms with Crippen LogP contribution in [0.2, 0.25) is 5.02 Å². The Bertz CT molecular complexity index is 1610. The van der Waals surface area contributed by atoms with Crippen molar-refractivity contribution in [1.82, 2.24) is 15.3 Å². The molecule has 5 rings (SSSR count). The van der Waals surface area contributed by atoms with Crippen LogP contribution in [0, 0.1) is 23.0 Å². The van der Waals surface area contributed by atoms with Gasteiger partial charge in [0.2, 0.25) is 17.8 Å². The van der Waals surface area contributed by atoms with Crippen LogP contribution < -0.4 is 15.1 Å². The fourth-order valence-electron chi connectivity index (χ4n) is 5.26. The average molecular weight is 615 g/mol. The van der Waals surface area contributed by atoms with Crippen LogP contribution in [-0.2, 0) is 14.4 Å². The van der Waals surface area contributed by atoms with Gasteiger partial charge in [-0.25, -0.2) is 27.5 Å². The van der Waals surface area contributed by atoms with E-state index in [4.69, 9.17) is 11.6 Å². The van der Waals surface area contributed by atoms with Crippen molar-refractivity contribution in [2.75, 3.05) is 9.80 Å². The molecule has 1 N–H and O–H groups in total. The molecule has 1 saturated carbocycles. The van der Waals surface area contributed by atoms with Crippen LogP contribution in [0.15, 0.2) is 54.7 Å². The van der Waals surface area contributed by atoms with Crippen molar-refractivity contribution in [2.24, 2.45) is 0 Å². The van der Waals surface area contributed by atoms with Gasteiger partial charge < -0.3 is 5.32 Å². The summed E-state index contributed by atoms with van der Waals surface area (Å²) in [5.41, 5.74) is -0.419. The number of carbonyl (C=O) groups excluding carboxylic acids is 3. The molecule has 3 aromatic rings. The van der Waals surface area contributed by atoms with Gasteiger partial charge in [-0.2, -0.15) is 5.26 Å². The van der Waals surface area contributed by atoms with Crippen LogP contribution >= 0.6 is 11.6 Å². The summed E-state index contributed by atoms with van der Waals surface area (Å²) in [5.74, 6) is -7.77. The molecule has 1 aliphatic carbocycles. The first-order chi connectivity index (χ1) is 20.5. The van der Waals surface area contributed by atoms with E-state index in [1.807, 2.05) is 6.07 Å². The second-order valence-corrected chi connectivity index (χ2v) is 10.7. The molecule has 0 radical (unpaired) electrons. The lowest BCUT2D eigenvalue weighted by molar-refractivity contribution is -0.133. The van der Waals surface area contributed by atoms with E-state index in [0.29, 0.717) is 6.07 Å². The molecule has 9 nitrogen and oxygen atoms in total.